The first-order chi connectivity index (χ1) is 9.00. The van der Waals surface area contributed by atoms with Crippen LogP contribution >= 0.6 is 27.5 Å². The largest absolute Gasteiger partial charge is 0.369 e. The van der Waals surface area contributed by atoms with Crippen LogP contribution in [0.15, 0.2) is 16.6 Å². The predicted octanol–water partition coefficient (Wildman–Crippen LogP) is 4.78. The van der Waals surface area contributed by atoms with Gasteiger partial charge in [0.2, 0.25) is 0 Å². The summed E-state index contributed by atoms with van der Waals surface area (Å²) in [5, 5.41) is 11.2. The summed E-state index contributed by atoms with van der Waals surface area (Å²) in [7, 11) is 2.01. The first kappa shape index (κ1) is 14.6. The van der Waals surface area contributed by atoms with E-state index in [1.54, 1.807) is 0 Å². The molecule has 0 spiro atoms. The van der Waals surface area contributed by atoms with Crippen LogP contribution in [0.3, 0.4) is 0 Å². The Hall–Kier alpha value is -0.810. The molecule has 0 aliphatic heterocycles. The van der Waals surface area contributed by atoms with E-state index in [2.05, 4.69) is 20.8 Å². The van der Waals surface area contributed by atoms with Crippen molar-refractivity contribution in [2.45, 2.75) is 38.1 Å². The van der Waals surface area contributed by atoms with Crippen LogP contribution in [0.25, 0.3) is 0 Å². The Labute approximate surface area is 126 Å². The van der Waals surface area contributed by atoms with E-state index in [-0.39, 0.29) is 5.69 Å². The van der Waals surface area contributed by atoms with Crippen molar-refractivity contribution in [1.82, 2.24) is 0 Å². The minimum atomic E-state index is -0.430. The van der Waals surface area contributed by atoms with E-state index < -0.39 is 4.92 Å². The zero-order valence-corrected chi connectivity index (χ0v) is 13.1. The Morgan fingerprint density at radius 2 is 2.00 bits per heavy atom. The molecule has 0 amide bonds. The van der Waals surface area contributed by atoms with Crippen molar-refractivity contribution in [3.8, 4) is 0 Å². The average molecular weight is 348 g/mol. The molecule has 0 bridgehead atoms. The second kappa shape index (κ2) is 6.09. The van der Waals surface area contributed by atoms with Crippen molar-refractivity contribution in [2.24, 2.45) is 0 Å². The topological polar surface area (TPSA) is 46.4 Å². The Bertz CT molecular complexity index is 467. The molecule has 1 fully saturated rings. The van der Waals surface area contributed by atoms with Gasteiger partial charge in [0.05, 0.1) is 15.6 Å². The highest BCUT2D eigenvalue weighted by Gasteiger charge is 2.23. The molecule has 1 aliphatic carbocycles. The zero-order valence-electron chi connectivity index (χ0n) is 10.7. The van der Waals surface area contributed by atoms with Gasteiger partial charge in [-0.15, -0.1) is 0 Å². The van der Waals surface area contributed by atoms with E-state index in [9.17, 15) is 10.1 Å². The molecular weight excluding hydrogens is 332 g/mol. The highest BCUT2D eigenvalue weighted by Crippen LogP contribution is 2.39. The third-order valence-corrected chi connectivity index (χ3v) is 4.58. The summed E-state index contributed by atoms with van der Waals surface area (Å²) in [4.78, 5) is 12.5. The van der Waals surface area contributed by atoms with E-state index >= 15 is 0 Å². The second-order valence-electron chi connectivity index (χ2n) is 4.92. The quantitative estimate of drug-likeness (QED) is 0.584. The molecule has 104 valence electrons. The number of nitro benzene ring substituents is 1. The lowest BCUT2D eigenvalue weighted by molar-refractivity contribution is -0.384. The van der Waals surface area contributed by atoms with Crippen molar-refractivity contribution in [2.75, 3.05) is 11.9 Å². The number of halogens is 2. The number of hydrogen-bond acceptors (Lipinski definition) is 3. The molecule has 4 nitrogen and oxygen atoms in total. The number of hydrogen-bond donors (Lipinski definition) is 0. The second-order valence-corrected chi connectivity index (χ2v) is 6.18. The number of non-ortho nitro benzene ring substituents is 1. The molecule has 0 radical (unpaired) electrons. The van der Waals surface area contributed by atoms with Gasteiger partial charge >= 0.3 is 0 Å². The third kappa shape index (κ3) is 3.20. The van der Waals surface area contributed by atoms with Crippen molar-refractivity contribution >= 4 is 38.9 Å². The summed E-state index contributed by atoms with van der Waals surface area (Å²) in [6.07, 6.45) is 6.06. The highest BCUT2D eigenvalue weighted by molar-refractivity contribution is 9.10. The van der Waals surface area contributed by atoms with E-state index in [1.165, 1.54) is 31.4 Å². The molecule has 1 aliphatic rings. The molecule has 6 heteroatoms. The smallest absolute Gasteiger partial charge is 0.272 e. The fraction of sp³-hybridized carbons (Fsp3) is 0.538. The number of rotatable bonds is 3. The molecule has 1 saturated carbocycles. The Morgan fingerprint density at radius 3 is 2.53 bits per heavy atom. The maximum atomic E-state index is 10.8. The first-order valence-electron chi connectivity index (χ1n) is 6.37. The summed E-state index contributed by atoms with van der Waals surface area (Å²) >= 11 is 9.62. The van der Waals surface area contributed by atoms with Gasteiger partial charge in [0, 0.05) is 29.7 Å². The molecule has 0 saturated heterocycles. The van der Waals surface area contributed by atoms with Crippen LogP contribution in [0.1, 0.15) is 32.1 Å². The lowest BCUT2D eigenvalue weighted by Crippen LogP contribution is -2.33. The lowest BCUT2D eigenvalue weighted by Gasteiger charge is -2.34. The molecule has 0 aromatic heterocycles. The number of benzene rings is 1. The monoisotopic (exact) mass is 346 g/mol. The average Bonchev–Trinajstić information content (AvgIpc) is 2.38. The van der Waals surface area contributed by atoms with Crippen molar-refractivity contribution in [3.05, 3.63) is 31.7 Å². The van der Waals surface area contributed by atoms with Crippen LogP contribution in [0.5, 0.6) is 0 Å². The Balaban J connectivity index is 2.30. The van der Waals surface area contributed by atoms with Gasteiger partial charge in [-0.05, 0) is 28.8 Å². The summed E-state index contributed by atoms with van der Waals surface area (Å²) in [6, 6.07) is 3.39. The van der Waals surface area contributed by atoms with Crippen LogP contribution in [0, 0.1) is 10.1 Å². The van der Waals surface area contributed by atoms with Gasteiger partial charge in [-0.2, -0.15) is 0 Å². The minimum Gasteiger partial charge on any atom is -0.369 e. The van der Waals surface area contributed by atoms with Crippen LogP contribution in [-0.2, 0) is 0 Å². The molecule has 0 heterocycles. The van der Waals surface area contributed by atoms with Crippen LogP contribution in [-0.4, -0.2) is 18.0 Å². The Morgan fingerprint density at radius 1 is 1.37 bits per heavy atom. The van der Waals surface area contributed by atoms with Gasteiger partial charge in [-0.25, -0.2) is 0 Å². The van der Waals surface area contributed by atoms with E-state index in [0.717, 1.165) is 18.5 Å². The molecular formula is C13H16BrClN2O2. The number of anilines is 1. The maximum Gasteiger partial charge on any atom is 0.272 e. The molecule has 19 heavy (non-hydrogen) atoms. The molecule has 1 aromatic carbocycles. The minimum absolute atomic E-state index is 0.0117. The fourth-order valence-corrected chi connectivity index (χ4v) is 3.83. The molecule has 0 unspecified atom stereocenters. The third-order valence-electron chi connectivity index (χ3n) is 3.69. The maximum absolute atomic E-state index is 10.8. The Kier molecular flexibility index (Phi) is 4.68. The number of nitrogens with zero attached hydrogens (tertiary/aromatic N) is 2. The molecule has 0 atom stereocenters. The predicted molar refractivity (Wildman–Crippen MR) is 81.1 cm³/mol. The zero-order chi connectivity index (χ0) is 14.0. The van der Waals surface area contributed by atoms with Crippen LogP contribution in [0.4, 0.5) is 11.4 Å². The summed E-state index contributed by atoms with van der Waals surface area (Å²) in [6.45, 7) is 0. The van der Waals surface area contributed by atoms with Gasteiger partial charge < -0.3 is 4.90 Å². The summed E-state index contributed by atoms with van der Waals surface area (Å²) in [5.74, 6) is 0. The number of nitro groups is 1. The van der Waals surface area contributed by atoms with Crippen molar-refractivity contribution in [1.29, 1.82) is 0 Å². The molecule has 2 rings (SSSR count). The normalized spacial score (nSPS) is 16.4. The van der Waals surface area contributed by atoms with Gasteiger partial charge in [-0.3, -0.25) is 10.1 Å². The highest BCUT2D eigenvalue weighted by atomic mass is 79.9. The molecule has 0 N–H and O–H groups in total. The van der Waals surface area contributed by atoms with Crippen molar-refractivity contribution in [3.63, 3.8) is 0 Å². The summed E-state index contributed by atoms with van der Waals surface area (Å²) in [5.41, 5.74) is 0.858. The standard InChI is InChI=1S/C13H16BrClN2O2/c1-16(9-5-3-2-4-6-9)13-11(14)7-10(17(18)19)8-12(13)15/h7-9H,2-6H2,1H3. The molecule has 1 aromatic rings. The SMILES string of the molecule is CN(c1c(Cl)cc([N+](=O)[O-])cc1Br)C1CCCCC1. The van der Waals surface area contributed by atoms with Gasteiger partial charge in [0.15, 0.2) is 0 Å². The summed E-state index contributed by atoms with van der Waals surface area (Å²) < 4.78 is 0.680. The van der Waals surface area contributed by atoms with Gasteiger partial charge in [0.1, 0.15) is 0 Å². The van der Waals surface area contributed by atoms with Crippen LogP contribution < -0.4 is 4.90 Å². The van der Waals surface area contributed by atoms with Crippen LogP contribution in [0.2, 0.25) is 5.02 Å². The van der Waals surface area contributed by atoms with Gasteiger partial charge in [0.25, 0.3) is 5.69 Å². The van der Waals surface area contributed by atoms with E-state index in [0.29, 0.717) is 15.5 Å². The van der Waals surface area contributed by atoms with E-state index in [4.69, 9.17) is 11.6 Å². The first-order valence-corrected chi connectivity index (χ1v) is 7.54. The van der Waals surface area contributed by atoms with E-state index in [1.807, 2.05) is 7.05 Å². The lowest BCUT2D eigenvalue weighted by atomic mass is 9.94. The van der Waals surface area contributed by atoms with Gasteiger partial charge in [-0.1, -0.05) is 30.9 Å². The van der Waals surface area contributed by atoms with Crippen molar-refractivity contribution < 1.29 is 4.92 Å². The fourth-order valence-electron chi connectivity index (χ4n) is 2.65.